The van der Waals surface area contributed by atoms with Gasteiger partial charge in [0.2, 0.25) is 0 Å². The van der Waals surface area contributed by atoms with Crippen LogP contribution in [-0.4, -0.2) is 23.9 Å². The monoisotopic (exact) mass is 300 g/mol. The fraction of sp³-hybridized carbons (Fsp3) is 0.273. The molecule has 0 saturated heterocycles. The average Bonchev–Trinajstić information content (AvgIpc) is 2.29. The molecule has 1 rings (SSSR count). The van der Waals surface area contributed by atoms with Crippen molar-refractivity contribution >= 4 is 33.4 Å². The highest BCUT2D eigenvalue weighted by Crippen LogP contribution is 2.26. The Morgan fingerprint density at radius 3 is 2.81 bits per heavy atom. The Hall–Kier alpha value is -1.05. The lowest BCUT2D eigenvalue weighted by Gasteiger charge is -2.20. The van der Waals surface area contributed by atoms with Gasteiger partial charge in [0, 0.05) is 11.5 Å². The van der Waals surface area contributed by atoms with Gasteiger partial charge in [-0.15, -0.1) is 0 Å². The van der Waals surface area contributed by atoms with E-state index in [-0.39, 0.29) is 5.91 Å². The summed E-state index contributed by atoms with van der Waals surface area (Å²) in [5.41, 5.74) is 0.389. The maximum absolute atomic E-state index is 12.0. The minimum atomic E-state index is -0.484. The van der Waals surface area contributed by atoms with Crippen LogP contribution in [0.5, 0.6) is 0 Å². The van der Waals surface area contributed by atoms with Crippen LogP contribution in [0.2, 0.25) is 5.02 Å². The van der Waals surface area contributed by atoms with Gasteiger partial charge in [0.05, 0.1) is 16.7 Å². The van der Waals surface area contributed by atoms with Gasteiger partial charge in [-0.05, 0) is 35.0 Å². The van der Waals surface area contributed by atoms with E-state index < -0.39 is 6.04 Å². The van der Waals surface area contributed by atoms with Gasteiger partial charge in [-0.3, -0.25) is 4.79 Å². The Bertz CT molecular complexity index is 456. The van der Waals surface area contributed by atoms with Crippen molar-refractivity contribution in [3.63, 3.8) is 0 Å². The number of hydrogen-bond donors (Lipinski definition) is 0. The van der Waals surface area contributed by atoms with Crippen molar-refractivity contribution in [3.8, 4) is 6.07 Å². The summed E-state index contributed by atoms with van der Waals surface area (Å²) >= 11 is 9.25. The molecule has 1 aromatic carbocycles. The van der Waals surface area contributed by atoms with Crippen molar-refractivity contribution in [3.05, 3.63) is 33.3 Å². The van der Waals surface area contributed by atoms with Crippen molar-refractivity contribution in [2.45, 2.75) is 13.0 Å². The number of hydrogen-bond acceptors (Lipinski definition) is 2. The first kappa shape index (κ1) is 13.0. The van der Waals surface area contributed by atoms with E-state index in [0.29, 0.717) is 15.1 Å². The van der Waals surface area contributed by atoms with Gasteiger partial charge >= 0.3 is 0 Å². The zero-order valence-corrected chi connectivity index (χ0v) is 11.2. The van der Waals surface area contributed by atoms with Gasteiger partial charge in [0.15, 0.2) is 0 Å². The van der Waals surface area contributed by atoms with Gasteiger partial charge in [0.25, 0.3) is 5.91 Å². The lowest BCUT2D eigenvalue weighted by atomic mass is 10.2. The minimum absolute atomic E-state index is 0.264. The van der Waals surface area contributed by atoms with E-state index in [0.717, 1.165) is 0 Å². The SMILES string of the molecule is CC(C#N)N(C)C(=O)c1cccc(Br)c1Cl. The zero-order valence-electron chi connectivity index (χ0n) is 8.87. The third kappa shape index (κ3) is 2.55. The smallest absolute Gasteiger partial charge is 0.256 e. The molecule has 0 aliphatic heterocycles. The van der Waals surface area contributed by atoms with E-state index >= 15 is 0 Å². The van der Waals surface area contributed by atoms with E-state index in [1.165, 1.54) is 4.90 Å². The summed E-state index contributed by atoms with van der Waals surface area (Å²) in [6.45, 7) is 1.66. The summed E-state index contributed by atoms with van der Waals surface area (Å²) < 4.78 is 0.665. The number of nitriles is 1. The van der Waals surface area contributed by atoms with Crippen LogP contribution in [0, 0.1) is 11.3 Å². The third-order valence-corrected chi connectivity index (χ3v) is 3.57. The lowest BCUT2D eigenvalue weighted by molar-refractivity contribution is 0.0773. The molecule has 0 saturated carbocycles. The standard InChI is InChI=1S/C11H10BrClN2O/c1-7(6-14)15(2)11(16)8-4-3-5-9(12)10(8)13/h3-5,7H,1-2H3. The summed E-state index contributed by atoms with van der Waals surface area (Å²) in [6, 6.07) is 6.64. The van der Waals surface area contributed by atoms with Crippen molar-refractivity contribution < 1.29 is 4.79 Å². The van der Waals surface area contributed by atoms with Crippen LogP contribution >= 0.6 is 27.5 Å². The lowest BCUT2D eigenvalue weighted by Crippen LogP contribution is -2.34. The Labute approximate surface area is 108 Å². The Kier molecular flexibility index (Phi) is 4.34. The van der Waals surface area contributed by atoms with Crippen molar-refractivity contribution in [1.29, 1.82) is 5.26 Å². The van der Waals surface area contributed by atoms with Crippen molar-refractivity contribution in [1.82, 2.24) is 4.90 Å². The predicted octanol–water partition coefficient (Wildman–Crippen LogP) is 3.09. The molecule has 5 heteroatoms. The highest BCUT2D eigenvalue weighted by molar-refractivity contribution is 9.10. The first-order chi connectivity index (χ1) is 7.49. The molecule has 0 aromatic heterocycles. The molecule has 0 aliphatic carbocycles. The second-order valence-corrected chi connectivity index (χ2v) is 4.55. The molecule has 1 aromatic rings. The van der Waals surface area contributed by atoms with E-state index in [4.69, 9.17) is 16.9 Å². The van der Waals surface area contributed by atoms with Gasteiger partial charge in [0.1, 0.15) is 6.04 Å². The molecule has 16 heavy (non-hydrogen) atoms. The number of rotatable bonds is 2. The van der Waals surface area contributed by atoms with Gasteiger partial charge in [-0.1, -0.05) is 17.7 Å². The number of carbonyl (C=O) groups is 1. The van der Waals surface area contributed by atoms with Crippen LogP contribution < -0.4 is 0 Å². The topological polar surface area (TPSA) is 44.1 Å². The van der Waals surface area contributed by atoms with Crippen LogP contribution in [0.15, 0.2) is 22.7 Å². The van der Waals surface area contributed by atoms with Crippen LogP contribution in [0.4, 0.5) is 0 Å². The molecule has 1 amide bonds. The number of halogens is 2. The maximum atomic E-state index is 12.0. The molecule has 0 fully saturated rings. The van der Waals surface area contributed by atoms with E-state index in [1.54, 1.807) is 32.2 Å². The van der Waals surface area contributed by atoms with Gasteiger partial charge in [-0.2, -0.15) is 5.26 Å². The highest BCUT2D eigenvalue weighted by atomic mass is 79.9. The first-order valence-corrected chi connectivity index (χ1v) is 5.77. The second kappa shape index (κ2) is 5.33. The quantitative estimate of drug-likeness (QED) is 0.842. The van der Waals surface area contributed by atoms with Crippen molar-refractivity contribution in [2.24, 2.45) is 0 Å². The zero-order chi connectivity index (χ0) is 12.3. The van der Waals surface area contributed by atoms with E-state index in [1.807, 2.05) is 6.07 Å². The van der Waals surface area contributed by atoms with Crippen LogP contribution in [0.25, 0.3) is 0 Å². The molecule has 0 bridgehead atoms. The summed E-state index contributed by atoms with van der Waals surface area (Å²) in [6.07, 6.45) is 0. The minimum Gasteiger partial charge on any atom is -0.326 e. The Morgan fingerprint density at radius 1 is 1.62 bits per heavy atom. The first-order valence-electron chi connectivity index (χ1n) is 4.59. The average molecular weight is 302 g/mol. The number of benzene rings is 1. The fourth-order valence-corrected chi connectivity index (χ4v) is 1.69. The van der Waals surface area contributed by atoms with E-state index in [2.05, 4.69) is 15.9 Å². The molecule has 0 radical (unpaired) electrons. The number of amides is 1. The summed E-state index contributed by atoms with van der Waals surface area (Å²) in [5, 5.41) is 9.10. The molecular weight excluding hydrogens is 291 g/mol. The van der Waals surface area contributed by atoms with Crippen LogP contribution in [0.1, 0.15) is 17.3 Å². The summed E-state index contributed by atoms with van der Waals surface area (Å²) in [7, 11) is 1.58. The van der Waals surface area contributed by atoms with Crippen LogP contribution in [0.3, 0.4) is 0 Å². The summed E-state index contributed by atoms with van der Waals surface area (Å²) in [4.78, 5) is 13.3. The second-order valence-electron chi connectivity index (χ2n) is 3.32. The maximum Gasteiger partial charge on any atom is 0.256 e. The highest BCUT2D eigenvalue weighted by Gasteiger charge is 2.20. The molecule has 1 atom stereocenters. The molecule has 0 heterocycles. The molecule has 0 N–H and O–H groups in total. The molecule has 84 valence electrons. The number of carbonyl (C=O) groups excluding carboxylic acids is 1. The summed E-state index contributed by atoms with van der Waals surface area (Å²) in [5.74, 6) is -0.264. The Morgan fingerprint density at radius 2 is 2.25 bits per heavy atom. The Balaban J connectivity index is 3.07. The van der Waals surface area contributed by atoms with Crippen LogP contribution in [-0.2, 0) is 0 Å². The van der Waals surface area contributed by atoms with E-state index in [9.17, 15) is 4.79 Å². The largest absolute Gasteiger partial charge is 0.326 e. The number of nitrogens with zero attached hydrogens (tertiary/aromatic N) is 2. The molecule has 3 nitrogen and oxygen atoms in total. The van der Waals surface area contributed by atoms with Gasteiger partial charge < -0.3 is 4.90 Å². The predicted molar refractivity (Wildman–Crippen MR) is 66.3 cm³/mol. The molecule has 0 spiro atoms. The molecule has 0 aliphatic rings. The van der Waals surface area contributed by atoms with Crippen molar-refractivity contribution in [2.75, 3.05) is 7.05 Å². The van der Waals surface area contributed by atoms with Gasteiger partial charge in [-0.25, -0.2) is 0 Å². The molecular formula is C11H10BrClN2O. The normalized spacial score (nSPS) is 11.7. The fourth-order valence-electron chi connectivity index (χ4n) is 1.12. The third-order valence-electron chi connectivity index (χ3n) is 2.27. The molecule has 1 unspecified atom stereocenters.